The van der Waals surface area contributed by atoms with Crippen LogP contribution < -0.4 is 4.74 Å². The summed E-state index contributed by atoms with van der Waals surface area (Å²) in [5.41, 5.74) is 4.24. The first-order valence-electron chi connectivity index (χ1n) is 7.21. The number of aromatic amines is 1. The number of benzene rings is 1. The molecule has 3 rings (SSSR count). The Morgan fingerprint density at radius 2 is 2.14 bits per heavy atom. The fourth-order valence-corrected chi connectivity index (χ4v) is 2.72. The Balaban J connectivity index is 1.91. The summed E-state index contributed by atoms with van der Waals surface area (Å²) in [6.45, 7) is 3.31. The summed E-state index contributed by atoms with van der Waals surface area (Å²) in [6.07, 6.45) is 1.38. The Morgan fingerprint density at radius 1 is 1.38 bits per heavy atom. The van der Waals surface area contributed by atoms with Crippen LogP contribution in [0.5, 0.6) is 5.75 Å². The van der Waals surface area contributed by atoms with Gasteiger partial charge in [-0.25, -0.2) is 0 Å². The normalized spacial score (nSPS) is 13.9. The Morgan fingerprint density at radius 3 is 2.81 bits per heavy atom. The largest absolute Gasteiger partial charge is 0.497 e. The van der Waals surface area contributed by atoms with Gasteiger partial charge in [0.25, 0.3) is 0 Å². The predicted octanol–water partition coefficient (Wildman–Crippen LogP) is 2.38. The molecule has 0 atom stereocenters. The Labute approximate surface area is 123 Å². The van der Waals surface area contributed by atoms with Gasteiger partial charge in [-0.2, -0.15) is 5.10 Å². The topological polar surface area (TPSA) is 58.2 Å². The highest BCUT2D eigenvalue weighted by Crippen LogP contribution is 2.29. The lowest BCUT2D eigenvalue weighted by Gasteiger charge is -2.26. The fourth-order valence-electron chi connectivity index (χ4n) is 2.72. The average Bonchev–Trinajstić information content (AvgIpc) is 2.97. The summed E-state index contributed by atoms with van der Waals surface area (Å²) in [4.78, 5) is 13.8. The molecule has 2 heterocycles. The fraction of sp³-hybridized carbons (Fsp3) is 0.375. The summed E-state index contributed by atoms with van der Waals surface area (Å²) in [5.74, 6) is 1.02. The first kappa shape index (κ1) is 13.7. The van der Waals surface area contributed by atoms with E-state index in [1.54, 1.807) is 7.11 Å². The van der Waals surface area contributed by atoms with Crippen LogP contribution in [-0.4, -0.2) is 34.7 Å². The van der Waals surface area contributed by atoms with Crippen molar-refractivity contribution in [1.29, 1.82) is 0 Å². The predicted molar refractivity (Wildman–Crippen MR) is 80.0 cm³/mol. The number of hydrogen-bond donors (Lipinski definition) is 1. The van der Waals surface area contributed by atoms with Crippen molar-refractivity contribution in [2.24, 2.45) is 0 Å². The Kier molecular flexibility index (Phi) is 3.64. The van der Waals surface area contributed by atoms with E-state index in [0.29, 0.717) is 13.0 Å². The lowest BCUT2D eigenvalue weighted by Crippen LogP contribution is -2.35. The minimum Gasteiger partial charge on any atom is -0.497 e. The average molecular weight is 285 g/mol. The van der Waals surface area contributed by atoms with Crippen molar-refractivity contribution in [2.45, 2.75) is 26.3 Å². The van der Waals surface area contributed by atoms with Crippen molar-refractivity contribution in [2.75, 3.05) is 13.7 Å². The molecule has 2 aromatic rings. The molecule has 0 unspecified atom stereocenters. The molecular formula is C16H19N3O2. The molecule has 1 aliphatic rings. The van der Waals surface area contributed by atoms with Gasteiger partial charge in [-0.05, 0) is 24.3 Å². The van der Waals surface area contributed by atoms with Gasteiger partial charge in [0.1, 0.15) is 5.75 Å². The van der Waals surface area contributed by atoms with Crippen LogP contribution in [0.4, 0.5) is 0 Å². The maximum atomic E-state index is 11.9. The van der Waals surface area contributed by atoms with Crippen LogP contribution in [0.25, 0.3) is 11.3 Å². The minimum absolute atomic E-state index is 0.197. The zero-order chi connectivity index (χ0) is 14.8. The number of H-pyrrole nitrogens is 1. The molecule has 1 N–H and O–H groups in total. The van der Waals surface area contributed by atoms with Crippen LogP contribution in [0.15, 0.2) is 24.3 Å². The summed E-state index contributed by atoms with van der Waals surface area (Å²) in [6, 6.07) is 7.84. The molecule has 1 aliphatic heterocycles. The molecule has 0 radical (unpaired) electrons. The molecule has 1 aromatic heterocycles. The molecule has 0 aliphatic carbocycles. The van der Waals surface area contributed by atoms with Crippen LogP contribution >= 0.6 is 0 Å². The van der Waals surface area contributed by atoms with Crippen LogP contribution in [0.2, 0.25) is 0 Å². The maximum Gasteiger partial charge on any atom is 0.222 e. The molecule has 1 aromatic carbocycles. The van der Waals surface area contributed by atoms with E-state index in [-0.39, 0.29) is 5.91 Å². The second kappa shape index (κ2) is 5.60. The third kappa shape index (κ3) is 2.51. The molecule has 21 heavy (non-hydrogen) atoms. The van der Waals surface area contributed by atoms with Crippen LogP contribution in [0.3, 0.4) is 0 Å². The third-order valence-corrected chi connectivity index (χ3v) is 3.95. The molecule has 0 saturated heterocycles. The zero-order valence-electron chi connectivity index (χ0n) is 12.3. The first-order valence-corrected chi connectivity index (χ1v) is 7.21. The third-order valence-electron chi connectivity index (χ3n) is 3.95. The van der Waals surface area contributed by atoms with Crippen molar-refractivity contribution in [3.05, 3.63) is 35.5 Å². The van der Waals surface area contributed by atoms with Gasteiger partial charge in [-0.3, -0.25) is 9.89 Å². The van der Waals surface area contributed by atoms with Crippen LogP contribution in [0, 0.1) is 0 Å². The second-order valence-corrected chi connectivity index (χ2v) is 5.18. The number of aromatic nitrogens is 2. The number of ether oxygens (including phenoxy) is 1. The molecule has 1 amide bonds. The lowest BCUT2D eigenvalue weighted by molar-refractivity contribution is -0.131. The van der Waals surface area contributed by atoms with Crippen molar-refractivity contribution >= 4 is 5.91 Å². The highest BCUT2D eigenvalue weighted by atomic mass is 16.5. The van der Waals surface area contributed by atoms with E-state index in [9.17, 15) is 4.79 Å². The zero-order valence-corrected chi connectivity index (χ0v) is 12.3. The molecule has 5 nitrogen and oxygen atoms in total. The maximum absolute atomic E-state index is 11.9. The van der Waals surface area contributed by atoms with E-state index in [2.05, 4.69) is 10.2 Å². The summed E-state index contributed by atoms with van der Waals surface area (Å²) < 4.78 is 5.18. The number of hydrogen-bond acceptors (Lipinski definition) is 3. The van der Waals surface area contributed by atoms with Gasteiger partial charge in [-0.15, -0.1) is 0 Å². The summed E-state index contributed by atoms with van der Waals surface area (Å²) in [7, 11) is 1.65. The SMILES string of the molecule is CCC(=O)N1CCc2[nH]nc(-c3ccc(OC)cc3)c2C1. The lowest BCUT2D eigenvalue weighted by atomic mass is 10.0. The quantitative estimate of drug-likeness (QED) is 0.942. The van der Waals surface area contributed by atoms with E-state index in [4.69, 9.17) is 4.74 Å². The summed E-state index contributed by atoms with van der Waals surface area (Å²) in [5, 5.41) is 7.55. The molecule has 0 bridgehead atoms. The van der Waals surface area contributed by atoms with Gasteiger partial charge >= 0.3 is 0 Å². The molecular weight excluding hydrogens is 266 g/mol. The minimum atomic E-state index is 0.197. The van der Waals surface area contributed by atoms with Gasteiger partial charge in [0, 0.05) is 42.8 Å². The number of fused-ring (bicyclic) bond motifs is 1. The van der Waals surface area contributed by atoms with E-state index < -0.39 is 0 Å². The van der Waals surface area contributed by atoms with Crippen molar-refractivity contribution in [1.82, 2.24) is 15.1 Å². The first-order chi connectivity index (χ1) is 10.2. The van der Waals surface area contributed by atoms with Gasteiger partial charge in [0.05, 0.1) is 12.8 Å². The summed E-state index contributed by atoms with van der Waals surface area (Å²) >= 11 is 0. The van der Waals surface area contributed by atoms with E-state index >= 15 is 0 Å². The molecule has 0 spiro atoms. The highest BCUT2D eigenvalue weighted by molar-refractivity contribution is 5.77. The van der Waals surface area contributed by atoms with Gasteiger partial charge in [-0.1, -0.05) is 6.92 Å². The van der Waals surface area contributed by atoms with Crippen molar-refractivity contribution in [3.8, 4) is 17.0 Å². The number of carbonyl (C=O) groups is 1. The Hall–Kier alpha value is -2.30. The number of methoxy groups -OCH3 is 1. The number of rotatable bonds is 3. The number of amides is 1. The highest BCUT2D eigenvalue weighted by Gasteiger charge is 2.24. The van der Waals surface area contributed by atoms with E-state index in [1.807, 2.05) is 36.1 Å². The number of nitrogens with zero attached hydrogens (tertiary/aromatic N) is 2. The molecule has 0 fully saturated rings. The monoisotopic (exact) mass is 285 g/mol. The van der Waals surface area contributed by atoms with Gasteiger partial charge in [0.15, 0.2) is 0 Å². The smallest absolute Gasteiger partial charge is 0.222 e. The molecule has 0 saturated carbocycles. The molecule has 110 valence electrons. The Bertz CT molecular complexity index is 646. The van der Waals surface area contributed by atoms with Gasteiger partial charge in [0.2, 0.25) is 5.91 Å². The van der Waals surface area contributed by atoms with Crippen molar-refractivity contribution in [3.63, 3.8) is 0 Å². The van der Waals surface area contributed by atoms with Gasteiger partial charge < -0.3 is 9.64 Å². The van der Waals surface area contributed by atoms with Crippen LogP contribution in [-0.2, 0) is 17.8 Å². The molecule has 5 heteroatoms. The van der Waals surface area contributed by atoms with Crippen molar-refractivity contribution < 1.29 is 9.53 Å². The second-order valence-electron chi connectivity index (χ2n) is 5.18. The van der Waals surface area contributed by atoms with Crippen LogP contribution in [0.1, 0.15) is 24.6 Å². The van der Waals surface area contributed by atoms with E-state index in [0.717, 1.165) is 41.2 Å². The standard InChI is InChI=1S/C16H19N3O2/c1-3-15(20)19-9-8-14-13(10-19)16(18-17-14)11-4-6-12(21-2)7-5-11/h4-7H,3,8-10H2,1-2H3,(H,17,18). The van der Waals surface area contributed by atoms with E-state index in [1.165, 1.54) is 0 Å². The number of carbonyl (C=O) groups excluding carboxylic acids is 1. The number of nitrogens with one attached hydrogen (secondary N) is 1.